The number of nitrogens with one attached hydrogen (secondary N) is 1. The van der Waals surface area contributed by atoms with Crippen LogP contribution in [0.5, 0.6) is 0 Å². The number of hydrogen-bond donors (Lipinski definition) is 1. The van der Waals surface area contributed by atoms with Gasteiger partial charge in [0.2, 0.25) is 5.95 Å². The Hall–Kier alpha value is -1.90. The lowest BCUT2D eigenvalue weighted by molar-refractivity contribution is 0.370. The lowest BCUT2D eigenvalue weighted by Gasteiger charge is -2.36. The van der Waals surface area contributed by atoms with Crippen LogP contribution in [0.15, 0.2) is 47.7 Å². The van der Waals surface area contributed by atoms with Gasteiger partial charge in [-0.1, -0.05) is 29.8 Å². The molecule has 2 heterocycles. The molecule has 1 saturated heterocycles. The van der Waals surface area contributed by atoms with Crippen molar-refractivity contribution in [2.75, 3.05) is 38.1 Å². The first-order chi connectivity index (χ1) is 11.8. The van der Waals surface area contributed by atoms with Gasteiger partial charge in [-0.25, -0.2) is 9.97 Å². The Morgan fingerprint density at radius 3 is 2.48 bits per heavy atom. The maximum atomic E-state index is 4.43. The van der Waals surface area contributed by atoms with Gasteiger partial charge < -0.3 is 15.1 Å². The van der Waals surface area contributed by atoms with Gasteiger partial charge in [0.05, 0.1) is 0 Å². The number of guanidine groups is 1. The number of halogens is 1. The first kappa shape index (κ1) is 19.4. The first-order valence-corrected chi connectivity index (χ1v) is 8.29. The minimum Gasteiger partial charge on any atom is -0.352 e. The zero-order valence-electron chi connectivity index (χ0n) is 14.7. The highest BCUT2D eigenvalue weighted by atomic mass is 127. The number of piperazine rings is 1. The van der Waals surface area contributed by atoms with E-state index in [2.05, 4.69) is 61.3 Å². The summed E-state index contributed by atoms with van der Waals surface area (Å²) in [5.74, 6) is 1.75. The van der Waals surface area contributed by atoms with Crippen LogP contribution in [0.25, 0.3) is 0 Å². The van der Waals surface area contributed by atoms with Crippen LogP contribution in [0.2, 0.25) is 0 Å². The average Bonchev–Trinajstić information content (AvgIpc) is 2.64. The highest BCUT2D eigenvalue weighted by Crippen LogP contribution is 2.10. The van der Waals surface area contributed by atoms with Crippen LogP contribution in [0.1, 0.15) is 11.1 Å². The molecule has 1 aliphatic rings. The van der Waals surface area contributed by atoms with E-state index in [1.54, 1.807) is 12.4 Å². The molecular weight excluding hydrogens is 427 g/mol. The molecule has 6 nitrogen and oxygen atoms in total. The summed E-state index contributed by atoms with van der Waals surface area (Å²) >= 11 is 0. The van der Waals surface area contributed by atoms with Crippen molar-refractivity contribution < 1.29 is 0 Å². The van der Waals surface area contributed by atoms with Crippen molar-refractivity contribution >= 4 is 35.9 Å². The van der Waals surface area contributed by atoms with Crippen molar-refractivity contribution in [3.05, 3.63) is 53.9 Å². The molecule has 1 N–H and O–H groups in total. The summed E-state index contributed by atoms with van der Waals surface area (Å²) in [6.07, 6.45) is 3.58. The van der Waals surface area contributed by atoms with Gasteiger partial charge >= 0.3 is 0 Å². The molecule has 0 amide bonds. The van der Waals surface area contributed by atoms with Crippen molar-refractivity contribution in [3.8, 4) is 0 Å². The zero-order chi connectivity index (χ0) is 16.8. The van der Waals surface area contributed by atoms with E-state index in [4.69, 9.17) is 0 Å². The second kappa shape index (κ2) is 9.55. The van der Waals surface area contributed by atoms with Gasteiger partial charge in [0, 0.05) is 52.2 Å². The first-order valence-electron chi connectivity index (χ1n) is 8.29. The molecule has 25 heavy (non-hydrogen) atoms. The normalized spacial score (nSPS) is 14.9. The number of aliphatic imine (C=N–C) groups is 1. The smallest absolute Gasteiger partial charge is 0.225 e. The summed E-state index contributed by atoms with van der Waals surface area (Å²) in [5, 5.41) is 3.46. The van der Waals surface area contributed by atoms with Crippen LogP contribution < -0.4 is 10.2 Å². The van der Waals surface area contributed by atoms with Gasteiger partial charge in [0.1, 0.15) is 0 Å². The Balaban J connectivity index is 0.00000225. The molecule has 1 fully saturated rings. The van der Waals surface area contributed by atoms with E-state index in [9.17, 15) is 0 Å². The summed E-state index contributed by atoms with van der Waals surface area (Å²) < 4.78 is 0. The summed E-state index contributed by atoms with van der Waals surface area (Å²) in [6, 6.07) is 10.4. The molecule has 1 aromatic carbocycles. The second-order valence-corrected chi connectivity index (χ2v) is 5.91. The third kappa shape index (κ3) is 5.29. The number of benzene rings is 1. The van der Waals surface area contributed by atoms with Crippen molar-refractivity contribution in [2.45, 2.75) is 13.5 Å². The van der Waals surface area contributed by atoms with Crippen LogP contribution in [0.3, 0.4) is 0 Å². The van der Waals surface area contributed by atoms with Crippen LogP contribution in [0.4, 0.5) is 5.95 Å². The van der Waals surface area contributed by atoms with Crippen LogP contribution in [-0.2, 0) is 6.54 Å². The molecule has 134 valence electrons. The van der Waals surface area contributed by atoms with Crippen molar-refractivity contribution in [3.63, 3.8) is 0 Å². The SMILES string of the molecule is CN=C(NCc1cccc(C)c1)N1CCN(c2ncccn2)CC1.I. The molecule has 2 aromatic rings. The lowest BCUT2D eigenvalue weighted by Crippen LogP contribution is -2.52. The molecule has 1 aliphatic heterocycles. The monoisotopic (exact) mass is 452 g/mol. The Kier molecular flexibility index (Phi) is 7.42. The summed E-state index contributed by atoms with van der Waals surface area (Å²) in [7, 11) is 1.84. The number of hydrogen-bond acceptors (Lipinski definition) is 4. The van der Waals surface area contributed by atoms with Crippen molar-refractivity contribution in [2.24, 2.45) is 4.99 Å². The van der Waals surface area contributed by atoms with E-state index in [0.717, 1.165) is 44.6 Å². The highest BCUT2D eigenvalue weighted by Gasteiger charge is 2.20. The third-order valence-corrected chi connectivity index (χ3v) is 4.16. The maximum absolute atomic E-state index is 4.43. The van der Waals surface area contributed by atoms with Crippen molar-refractivity contribution in [1.29, 1.82) is 0 Å². The van der Waals surface area contributed by atoms with E-state index in [0.29, 0.717) is 0 Å². The number of aryl methyl sites for hydroxylation is 1. The maximum Gasteiger partial charge on any atom is 0.225 e. The fraction of sp³-hybridized carbons (Fsp3) is 0.389. The largest absolute Gasteiger partial charge is 0.352 e. The van der Waals surface area contributed by atoms with E-state index in [1.807, 2.05) is 13.1 Å². The molecule has 0 unspecified atom stereocenters. The van der Waals surface area contributed by atoms with Gasteiger partial charge in [0.15, 0.2) is 5.96 Å². The molecule has 3 rings (SSSR count). The zero-order valence-corrected chi connectivity index (χ0v) is 17.1. The van der Waals surface area contributed by atoms with Gasteiger partial charge in [-0.05, 0) is 18.6 Å². The Bertz CT molecular complexity index is 683. The van der Waals surface area contributed by atoms with Gasteiger partial charge in [-0.15, -0.1) is 24.0 Å². The minimum atomic E-state index is 0. The fourth-order valence-electron chi connectivity index (χ4n) is 2.91. The Morgan fingerprint density at radius 1 is 1.12 bits per heavy atom. The molecule has 0 aliphatic carbocycles. The summed E-state index contributed by atoms with van der Waals surface area (Å²) in [5.41, 5.74) is 2.55. The van der Waals surface area contributed by atoms with Crippen LogP contribution >= 0.6 is 24.0 Å². The molecule has 0 spiro atoms. The minimum absolute atomic E-state index is 0. The molecule has 0 bridgehead atoms. The second-order valence-electron chi connectivity index (χ2n) is 5.91. The van der Waals surface area contributed by atoms with E-state index >= 15 is 0 Å². The number of rotatable bonds is 3. The topological polar surface area (TPSA) is 56.7 Å². The predicted octanol–water partition coefficient (Wildman–Crippen LogP) is 2.30. The van der Waals surface area contributed by atoms with Gasteiger partial charge in [-0.3, -0.25) is 4.99 Å². The van der Waals surface area contributed by atoms with E-state index in [1.165, 1.54) is 11.1 Å². The van der Waals surface area contributed by atoms with E-state index in [-0.39, 0.29) is 24.0 Å². The number of aromatic nitrogens is 2. The van der Waals surface area contributed by atoms with Crippen molar-refractivity contribution in [1.82, 2.24) is 20.2 Å². The molecular formula is C18H25IN6. The highest BCUT2D eigenvalue weighted by molar-refractivity contribution is 14.0. The Labute approximate surface area is 166 Å². The van der Waals surface area contributed by atoms with Crippen LogP contribution in [-0.4, -0.2) is 54.1 Å². The fourth-order valence-corrected chi connectivity index (χ4v) is 2.91. The number of anilines is 1. The summed E-state index contributed by atoms with van der Waals surface area (Å²) in [4.78, 5) is 17.6. The predicted molar refractivity (Wildman–Crippen MR) is 113 cm³/mol. The molecule has 1 aromatic heterocycles. The quantitative estimate of drug-likeness (QED) is 0.440. The molecule has 7 heteroatoms. The average molecular weight is 452 g/mol. The van der Waals surface area contributed by atoms with Gasteiger partial charge in [-0.2, -0.15) is 0 Å². The standard InChI is InChI=1S/C18H24N6.HI/c1-15-5-3-6-16(13-15)14-22-17(19-2)23-9-11-24(12-10-23)18-20-7-4-8-21-18;/h3-8,13H,9-12,14H2,1-2H3,(H,19,22);1H. The summed E-state index contributed by atoms with van der Waals surface area (Å²) in [6.45, 7) is 6.52. The van der Waals surface area contributed by atoms with E-state index < -0.39 is 0 Å². The van der Waals surface area contributed by atoms with Crippen LogP contribution in [0, 0.1) is 6.92 Å². The third-order valence-electron chi connectivity index (χ3n) is 4.16. The van der Waals surface area contributed by atoms with Gasteiger partial charge in [0.25, 0.3) is 0 Å². The Morgan fingerprint density at radius 2 is 1.84 bits per heavy atom. The number of nitrogens with zero attached hydrogens (tertiary/aromatic N) is 5. The molecule has 0 radical (unpaired) electrons. The molecule has 0 saturated carbocycles. The lowest BCUT2D eigenvalue weighted by atomic mass is 10.1. The molecule has 0 atom stereocenters.